The molecule has 1 fully saturated rings. The Labute approximate surface area is 200 Å². The Morgan fingerprint density at radius 3 is 2.77 bits per heavy atom. The Bertz CT molecular complexity index is 1590. The third-order valence-electron chi connectivity index (χ3n) is 6.32. The number of hydrogen-bond donors (Lipinski definition) is 0. The van der Waals surface area contributed by atoms with Gasteiger partial charge in [0.05, 0.1) is 24.8 Å². The van der Waals surface area contributed by atoms with E-state index in [2.05, 4.69) is 26.2 Å². The van der Waals surface area contributed by atoms with Gasteiger partial charge in [-0.15, -0.1) is 0 Å². The minimum atomic E-state index is -0.199. The molecule has 0 radical (unpaired) electrons. The molecular weight excluding hydrogens is 442 g/mol. The summed E-state index contributed by atoms with van der Waals surface area (Å²) in [4.78, 5) is 21.9. The first-order chi connectivity index (χ1) is 17.2. The summed E-state index contributed by atoms with van der Waals surface area (Å²) in [6.45, 7) is 1.64. The zero-order valence-corrected chi connectivity index (χ0v) is 18.8. The molecule has 1 unspecified atom stereocenters. The molecular formula is C26H21N7O2. The highest BCUT2D eigenvalue weighted by molar-refractivity contribution is 5.89. The molecule has 9 heteroatoms. The Balaban J connectivity index is 1.39. The van der Waals surface area contributed by atoms with Crippen molar-refractivity contribution in [2.75, 3.05) is 13.2 Å². The lowest BCUT2D eigenvalue weighted by Gasteiger charge is -2.21. The Hall–Kier alpha value is -4.42. The van der Waals surface area contributed by atoms with Gasteiger partial charge in [-0.05, 0) is 42.2 Å². The van der Waals surface area contributed by atoms with Gasteiger partial charge in [0, 0.05) is 36.1 Å². The summed E-state index contributed by atoms with van der Waals surface area (Å²) in [6.07, 6.45) is 6.76. The molecule has 1 aromatic carbocycles. The first-order valence-corrected chi connectivity index (χ1v) is 11.5. The fraction of sp³-hybridized carbons (Fsp3) is 0.231. The van der Waals surface area contributed by atoms with Crippen LogP contribution in [-0.4, -0.2) is 42.7 Å². The van der Waals surface area contributed by atoms with Crippen molar-refractivity contribution in [2.24, 2.45) is 0 Å². The van der Waals surface area contributed by atoms with E-state index in [4.69, 9.17) is 10.00 Å². The molecule has 1 atom stereocenters. The van der Waals surface area contributed by atoms with Crippen LogP contribution in [0.2, 0.25) is 0 Å². The van der Waals surface area contributed by atoms with E-state index in [9.17, 15) is 4.79 Å². The van der Waals surface area contributed by atoms with Crippen LogP contribution in [0.3, 0.4) is 0 Å². The molecule has 0 bridgehead atoms. The third-order valence-corrected chi connectivity index (χ3v) is 6.32. The fourth-order valence-electron chi connectivity index (χ4n) is 4.55. The van der Waals surface area contributed by atoms with Gasteiger partial charge < -0.3 is 4.74 Å². The molecule has 2 aromatic heterocycles. The number of nitrogens with zero attached hydrogens (tertiary/aromatic N) is 7. The number of rotatable bonds is 4. The van der Waals surface area contributed by atoms with Crippen LogP contribution in [-0.2, 0) is 11.3 Å². The second kappa shape index (κ2) is 8.74. The van der Waals surface area contributed by atoms with Crippen molar-refractivity contribution >= 4 is 11.0 Å². The van der Waals surface area contributed by atoms with Crippen LogP contribution in [0.4, 0.5) is 0 Å². The van der Waals surface area contributed by atoms with Crippen molar-refractivity contribution in [3.05, 3.63) is 82.5 Å². The number of fused-ring (bicyclic) bond motifs is 3. The zero-order chi connectivity index (χ0) is 23.8. The lowest BCUT2D eigenvalue weighted by atomic mass is 10.0. The fourth-order valence-corrected chi connectivity index (χ4v) is 4.55. The van der Waals surface area contributed by atoms with Gasteiger partial charge in [0.15, 0.2) is 11.3 Å². The molecule has 3 aliphatic heterocycles. The maximum Gasteiger partial charge on any atom is 0.297 e. The molecule has 0 spiro atoms. The van der Waals surface area contributed by atoms with E-state index < -0.39 is 0 Å². The topological polar surface area (TPSA) is 112 Å². The van der Waals surface area contributed by atoms with Crippen LogP contribution in [0, 0.1) is 11.3 Å². The minimum Gasteiger partial charge on any atom is -0.379 e. The predicted octanol–water partition coefficient (Wildman–Crippen LogP) is 3.43. The maximum atomic E-state index is 13.2. The number of pyridine rings is 2. The van der Waals surface area contributed by atoms with E-state index >= 15 is 0 Å². The first-order valence-electron chi connectivity index (χ1n) is 11.5. The standard InChI is InChI=1S/C26H21N7O2/c27-12-18-11-20(14-28-13-18)19-7-5-17(6-8-19)15-32-25-22(4-1-9-29-25)23-24(30-32)26(34)33(31-23)21-3-2-10-35-16-21/h1,4-9,11,13-14,21H,2-3,10,15-16H2. The molecule has 1 saturated heterocycles. The highest BCUT2D eigenvalue weighted by Crippen LogP contribution is 2.27. The highest BCUT2D eigenvalue weighted by Gasteiger charge is 2.27. The molecule has 5 heterocycles. The normalized spacial score (nSPS) is 15.9. The minimum absolute atomic E-state index is 0.0767. The molecule has 0 aliphatic carbocycles. The monoisotopic (exact) mass is 463 g/mol. The van der Waals surface area contributed by atoms with Gasteiger partial charge in [-0.1, -0.05) is 24.3 Å². The summed E-state index contributed by atoms with van der Waals surface area (Å²) in [5.41, 5.74) is 4.74. The Kier molecular flexibility index (Phi) is 5.28. The summed E-state index contributed by atoms with van der Waals surface area (Å²) < 4.78 is 8.87. The van der Waals surface area contributed by atoms with Crippen LogP contribution < -0.4 is 5.56 Å². The average molecular weight is 464 g/mol. The van der Waals surface area contributed by atoms with Gasteiger partial charge in [-0.25, -0.2) is 14.3 Å². The van der Waals surface area contributed by atoms with E-state index in [-0.39, 0.29) is 11.6 Å². The van der Waals surface area contributed by atoms with Gasteiger partial charge >= 0.3 is 0 Å². The van der Waals surface area contributed by atoms with E-state index in [0.717, 1.165) is 41.5 Å². The van der Waals surface area contributed by atoms with Crippen molar-refractivity contribution in [3.63, 3.8) is 0 Å². The van der Waals surface area contributed by atoms with Gasteiger partial charge in [0.25, 0.3) is 5.56 Å². The SMILES string of the molecule is N#Cc1cncc(-c2ccc(Cn3nc4c(=O)n(C5CCCOC5)nc-4c4cccnc43)cc2)c1. The van der Waals surface area contributed by atoms with Gasteiger partial charge in [0.1, 0.15) is 11.8 Å². The van der Waals surface area contributed by atoms with Crippen molar-refractivity contribution < 1.29 is 4.74 Å². The molecule has 6 rings (SSSR count). The molecule has 3 aromatic rings. The smallest absolute Gasteiger partial charge is 0.297 e. The Morgan fingerprint density at radius 1 is 1.09 bits per heavy atom. The van der Waals surface area contributed by atoms with Gasteiger partial charge in [0.2, 0.25) is 0 Å². The molecule has 0 saturated carbocycles. The summed E-state index contributed by atoms with van der Waals surface area (Å²) in [5.74, 6) is 0. The van der Waals surface area contributed by atoms with Crippen molar-refractivity contribution in [2.45, 2.75) is 25.4 Å². The molecule has 172 valence electrons. The van der Waals surface area contributed by atoms with Crippen LogP contribution >= 0.6 is 0 Å². The van der Waals surface area contributed by atoms with E-state index in [1.54, 1.807) is 23.3 Å². The largest absolute Gasteiger partial charge is 0.379 e. The maximum absolute atomic E-state index is 13.2. The van der Waals surface area contributed by atoms with Crippen molar-refractivity contribution in [1.82, 2.24) is 29.5 Å². The number of aromatic nitrogens is 6. The second-order valence-corrected chi connectivity index (χ2v) is 8.62. The Morgan fingerprint density at radius 2 is 1.97 bits per heavy atom. The number of benzene rings is 1. The highest BCUT2D eigenvalue weighted by atomic mass is 16.5. The van der Waals surface area contributed by atoms with Crippen molar-refractivity contribution in [1.29, 1.82) is 5.26 Å². The quantitative estimate of drug-likeness (QED) is 0.401. The van der Waals surface area contributed by atoms with E-state index in [1.165, 1.54) is 4.68 Å². The van der Waals surface area contributed by atoms with Gasteiger partial charge in [-0.3, -0.25) is 9.78 Å². The number of hydrogen-bond acceptors (Lipinski definition) is 7. The van der Waals surface area contributed by atoms with Crippen LogP contribution in [0.25, 0.3) is 33.5 Å². The zero-order valence-electron chi connectivity index (χ0n) is 18.8. The summed E-state index contributed by atoms with van der Waals surface area (Å²) in [5, 5.41) is 19.3. The molecule has 35 heavy (non-hydrogen) atoms. The third kappa shape index (κ3) is 3.84. The lowest BCUT2D eigenvalue weighted by Crippen LogP contribution is -2.29. The van der Waals surface area contributed by atoms with Crippen molar-refractivity contribution in [3.8, 4) is 28.6 Å². The summed E-state index contributed by atoms with van der Waals surface area (Å²) in [6, 6.07) is 15.6. The lowest BCUT2D eigenvalue weighted by molar-refractivity contribution is 0.0540. The predicted molar refractivity (Wildman–Crippen MR) is 129 cm³/mol. The van der Waals surface area contributed by atoms with E-state index in [1.807, 2.05) is 42.5 Å². The number of nitriles is 1. The van der Waals surface area contributed by atoms with Crippen LogP contribution in [0.1, 0.15) is 30.0 Å². The number of ether oxygens (including phenoxy) is 1. The van der Waals surface area contributed by atoms with E-state index in [0.29, 0.717) is 35.8 Å². The van der Waals surface area contributed by atoms with Crippen LogP contribution in [0.5, 0.6) is 0 Å². The summed E-state index contributed by atoms with van der Waals surface area (Å²) in [7, 11) is 0. The molecule has 0 amide bonds. The van der Waals surface area contributed by atoms with Gasteiger partial charge in [-0.2, -0.15) is 15.5 Å². The second-order valence-electron chi connectivity index (χ2n) is 8.62. The van der Waals surface area contributed by atoms with Crippen LogP contribution in [0.15, 0.2) is 65.8 Å². The molecule has 9 nitrogen and oxygen atoms in total. The first kappa shape index (κ1) is 21.1. The average Bonchev–Trinajstić information content (AvgIpc) is 3.26. The summed E-state index contributed by atoms with van der Waals surface area (Å²) >= 11 is 0. The molecule has 3 aliphatic rings. The molecule has 0 N–H and O–H groups in total.